The van der Waals surface area contributed by atoms with Crippen molar-refractivity contribution in [2.75, 3.05) is 5.33 Å². The predicted molar refractivity (Wildman–Crippen MR) is 72.0 cm³/mol. The van der Waals surface area contributed by atoms with Gasteiger partial charge in [-0.05, 0) is 24.1 Å². The summed E-state index contributed by atoms with van der Waals surface area (Å²) in [5.74, 6) is 0. The summed E-state index contributed by atoms with van der Waals surface area (Å²) in [5.41, 5.74) is 2.81. The van der Waals surface area contributed by atoms with E-state index in [1.807, 2.05) is 18.2 Å². The minimum Gasteiger partial charge on any atom is -0.251 e. The molecule has 0 saturated heterocycles. The maximum absolute atomic E-state index is 5.80. The minimum atomic E-state index is 0.425. The van der Waals surface area contributed by atoms with Crippen molar-refractivity contribution in [1.82, 2.24) is 9.97 Å². The van der Waals surface area contributed by atoms with Gasteiger partial charge in [-0.3, -0.25) is 4.98 Å². The summed E-state index contributed by atoms with van der Waals surface area (Å²) >= 11 is 9.18. The molecule has 2 rings (SSSR count). The van der Waals surface area contributed by atoms with Crippen LogP contribution in [0, 0.1) is 0 Å². The van der Waals surface area contributed by atoms with Crippen LogP contribution in [0.3, 0.4) is 0 Å². The summed E-state index contributed by atoms with van der Waals surface area (Å²) in [4.78, 5) is 8.42. The number of fused-ring (bicyclic) bond motifs is 1. The zero-order chi connectivity index (χ0) is 11.4. The van der Waals surface area contributed by atoms with E-state index in [0.29, 0.717) is 5.15 Å². The van der Waals surface area contributed by atoms with E-state index in [9.17, 15) is 0 Å². The fourth-order valence-electron chi connectivity index (χ4n) is 1.39. The number of nitrogens with zero attached hydrogens (tertiary/aromatic N) is 2. The molecule has 0 aliphatic heterocycles. The van der Waals surface area contributed by atoms with Crippen LogP contribution >= 0.6 is 27.5 Å². The average Bonchev–Trinajstić information content (AvgIpc) is 2.29. The second-order valence-electron chi connectivity index (χ2n) is 3.32. The predicted octanol–water partition coefficient (Wildman–Crippen LogP) is 4.08. The lowest BCUT2D eigenvalue weighted by atomic mass is 10.2. The van der Waals surface area contributed by atoms with Gasteiger partial charge in [-0.25, -0.2) is 4.98 Å². The van der Waals surface area contributed by atoms with Gasteiger partial charge < -0.3 is 0 Å². The van der Waals surface area contributed by atoms with Crippen LogP contribution in [0.25, 0.3) is 17.1 Å². The van der Waals surface area contributed by atoms with Crippen LogP contribution in [0.5, 0.6) is 0 Å². The first-order chi connectivity index (χ1) is 7.79. The highest BCUT2D eigenvalue weighted by Gasteiger charge is 1.98. The standard InChI is InChI=1S/C12H10BrClN2/c13-6-2-1-3-9-4-5-10-11(7-9)16-12(14)8-15-10/h1,3-5,7-8H,2,6H2. The Morgan fingerprint density at radius 2 is 2.19 bits per heavy atom. The van der Waals surface area contributed by atoms with Crippen molar-refractivity contribution in [3.8, 4) is 0 Å². The highest BCUT2D eigenvalue weighted by Crippen LogP contribution is 2.15. The van der Waals surface area contributed by atoms with Crippen molar-refractivity contribution in [1.29, 1.82) is 0 Å². The lowest BCUT2D eigenvalue weighted by Crippen LogP contribution is -1.84. The van der Waals surface area contributed by atoms with Gasteiger partial charge in [-0.1, -0.05) is 45.7 Å². The van der Waals surface area contributed by atoms with E-state index < -0.39 is 0 Å². The Balaban J connectivity index is 2.35. The molecule has 0 aliphatic carbocycles. The Morgan fingerprint density at radius 3 is 3.00 bits per heavy atom. The quantitative estimate of drug-likeness (QED) is 0.798. The van der Waals surface area contributed by atoms with Gasteiger partial charge in [0.15, 0.2) is 0 Å². The molecule has 0 fully saturated rings. The van der Waals surface area contributed by atoms with Crippen molar-refractivity contribution in [2.24, 2.45) is 0 Å². The summed E-state index contributed by atoms with van der Waals surface area (Å²) in [7, 11) is 0. The number of aromatic nitrogens is 2. The molecule has 1 heterocycles. The van der Waals surface area contributed by atoms with Gasteiger partial charge in [0.05, 0.1) is 17.2 Å². The van der Waals surface area contributed by atoms with Crippen LogP contribution in [0.4, 0.5) is 0 Å². The van der Waals surface area contributed by atoms with Crippen LogP contribution in [-0.2, 0) is 0 Å². The van der Waals surface area contributed by atoms with Gasteiger partial charge in [0.2, 0.25) is 0 Å². The zero-order valence-corrected chi connectivity index (χ0v) is 10.9. The molecule has 0 radical (unpaired) electrons. The topological polar surface area (TPSA) is 25.8 Å². The fraction of sp³-hybridized carbons (Fsp3) is 0.167. The highest BCUT2D eigenvalue weighted by atomic mass is 79.9. The van der Waals surface area contributed by atoms with Crippen molar-refractivity contribution in [2.45, 2.75) is 6.42 Å². The van der Waals surface area contributed by atoms with E-state index in [2.05, 4.69) is 38.0 Å². The Kier molecular flexibility index (Phi) is 3.91. The van der Waals surface area contributed by atoms with E-state index in [1.165, 1.54) is 0 Å². The first-order valence-electron chi connectivity index (χ1n) is 4.94. The van der Waals surface area contributed by atoms with Gasteiger partial charge in [0.25, 0.3) is 0 Å². The lowest BCUT2D eigenvalue weighted by Gasteiger charge is -1.98. The number of alkyl halides is 1. The van der Waals surface area contributed by atoms with E-state index in [-0.39, 0.29) is 0 Å². The third-order valence-corrected chi connectivity index (χ3v) is 2.76. The molecule has 0 spiro atoms. The zero-order valence-electron chi connectivity index (χ0n) is 8.53. The maximum atomic E-state index is 5.80. The Labute approximate surface area is 107 Å². The molecule has 0 N–H and O–H groups in total. The van der Waals surface area contributed by atoms with Crippen LogP contribution in [0.2, 0.25) is 5.15 Å². The van der Waals surface area contributed by atoms with Crippen molar-refractivity contribution in [3.05, 3.63) is 41.2 Å². The molecule has 0 unspecified atom stereocenters. The Hall–Kier alpha value is -0.930. The molecule has 2 aromatic rings. The lowest BCUT2D eigenvalue weighted by molar-refractivity contribution is 1.27. The van der Waals surface area contributed by atoms with E-state index in [0.717, 1.165) is 28.3 Å². The van der Waals surface area contributed by atoms with Gasteiger partial charge in [0.1, 0.15) is 5.15 Å². The van der Waals surface area contributed by atoms with E-state index in [1.54, 1.807) is 6.20 Å². The molecule has 2 nitrogen and oxygen atoms in total. The third-order valence-electron chi connectivity index (χ3n) is 2.12. The highest BCUT2D eigenvalue weighted by molar-refractivity contribution is 9.09. The van der Waals surface area contributed by atoms with E-state index in [4.69, 9.17) is 11.6 Å². The Bertz CT molecular complexity index is 525. The van der Waals surface area contributed by atoms with Gasteiger partial charge in [0, 0.05) is 5.33 Å². The molecule has 4 heteroatoms. The van der Waals surface area contributed by atoms with Crippen molar-refractivity contribution >= 4 is 44.6 Å². The number of hydrogen-bond acceptors (Lipinski definition) is 2. The summed E-state index contributed by atoms with van der Waals surface area (Å²) in [5, 5.41) is 1.40. The monoisotopic (exact) mass is 296 g/mol. The SMILES string of the molecule is Clc1cnc2ccc(C=CCCBr)cc2n1. The number of rotatable bonds is 3. The molecular formula is C12H10BrClN2. The molecule has 0 bridgehead atoms. The average molecular weight is 298 g/mol. The largest absolute Gasteiger partial charge is 0.251 e. The van der Waals surface area contributed by atoms with Crippen LogP contribution in [0.1, 0.15) is 12.0 Å². The van der Waals surface area contributed by atoms with Gasteiger partial charge in [-0.15, -0.1) is 0 Å². The van der Waals surface area contributed by atoms with Gasteiger partial charge in [-0.2, -0.15) is 0 Å². The fourth-order valence-corrected chi connectivity index (χ4v) is 1.80. The molecule has 0 saturated carbocycles. The number of hydrogen-bond donors (Lipinski definition) is 0. The summed E-state index contributed by atoms with van der Waals surface area (Å²) in [6.45, 7) is 0. The molecule has 1 aromatic heterocycles. The second-order valence-corrected chi connectivity index (χ2v) is 4.50. The van der Waals surface area contributed by atoms with Crippen molar-refractivity contribution in [3.63, 3.8) is 0 Å². The first kappa shape index (κ1) is 11.6. The van der Waals surface area contributed by atoms with Crippen LogP contribution < -0.4 is 0 Å². The molecule has 82 valence electrons. The molecule has 16 heavy (non-hydrogen) atoms. The molecule has 0 aliphatic rings. The van der Waals surface area contributed by atoms with Gasteiger partial charge >= 0.3 is 0 Å². The Morgan fingerprint density at radius 1 is 1.31 bits per heavy atom. The number of allylic oxidation sites excluding steroid dienone is 1. The molecule has 0 atom stereocenters. The van der Waals surface area contributed by atoms with E-state index >= 15 is 0 Å². The number of benzene rings is 1. The smallest absolute Gasteiger partial charge is 0.148 e. The number of halogens is 2. The molecular weight excluding hydrogens is 288 g/mol. The first-order valence-corrected chi connectivity index (χ1v) is 6.44. The summed E-state index contributed by atoms with van der Waals surface area (Å²) in [6.07, 6.45) is 6.76. The summed E-state index contributed by atoms with van der Waals surface area (Å²) in [6, 6.07) is 5.96. The second kappa shape index (κ2) is 5.41. The molecule has 1 aromatic carbocycles. The normalized spacial score (nSPS) is 11.4. The minimum absolute atomic E-state index is 0.425. The maximum Gasteiger partial charge on any atom is 0.148 e. The summed E-state index contributed by atoms with van der Waals surface area (Å²) < 4.78 is 0. The van der Waals surface area contributed by atoms with Crippen molar-refractivity contribution < 1.29 is 0 Å². The molecule has 0 amide bonds. The van der Waals surface area contributed by atoms with Crippen LogP contribution in [-0.4, -0.2) is 15.3 Å². The third kappa shape index (κ3) is 2.80. The van der Waals surface area contributed by atoms with Crippen LogP contribution in [0.15, 0.2) is 30.5 Å².